The van der Waals surface area contributed by atoms with Crippen LogP contribution >= 0.6 is 12.2 Å². The van der Waals surface area contributed by atoms with Crippen LogP contribution in [0.5, 0.6) is 11.5 Å². The Morgan fingerprint density at radius 3 is 2.29 bits per heavy atom. The molecule has 4 nitrogen and oxygen atoms in total. The number of nitrogens with zero attached hydrogens (tertiary/aromatic N) is 1. The zero-order valence-electron chi connectivity index (χ0n) is 9.56. The second-order valence-corrected chi connectivity index (χ2v) is 3.79. The molecule has 2 aromatic rings. The standard InChI is InChI=1S/C12H12N2O2S/c1-15-9-4-3-5-10(16-2)12(9)8-6-13-7-11(17)14-8/h3-7H,1-2H3,(H,14,17). The highest BCUT2D eigenvalue weighted by atomic mass is 32.1. The van der Waals surface area contributed by atoms with Crippen molar-refractivity contribution in [2.24, 2.45) is 0 Å². The molecule has 0 unspecified atom stereocenters. The lowest BCUT2D eigenvalue weighted by Gasteiger charge is -2.12. The minimum Gasteiger partial charge on any atom is -0.496 e. The summed E-state index contributed by atoms with van der Waals surface area (Å²) in [4.78, 5) is 7.13. The van der Waals surface area contributed by atoms with Crippen molar-refractivity contribution in [1.29, 1.82) is 0 Å². The number of methoxy groups -OCH3 is 2. The van der Waals surface area contributed by atoms with E-state index in [1.165, 1.54) is 0 Å². The number of H-pyrrole nitrogens is 1. The first kappa shape index (κ1) is 11.6. The summed E-state index contributed by atoms with van der Waals surface area (Å²) in [5.74, 6) is 1.42. The van der Waals surface area contributed by atoms with Gasteiger partial charge in [-0.25, -0.2) is 0 Å². The van der Waals surface area contributed by atoms with Crippen LogP contribution in [0.4, 0.5) is 0 Å². The fourth-order valence-electron chi connectivity index (χ4n) is 1.62. The van der Waals surface area contributed by atoms with Gasteiger partial charge in [0.05, 0.1) is 37.9 Å². The summed E-state index contributed by atoms with van der Waals surface area (Å²) in [5, 5.41) is 0. The van der Waals surface area contributed by atoms with Gasteiger partial charge in [-0.05, 0) is 12.1 Å². The number of nitrogens with one attached hydrogen (secondary N) is 1. The molecule has 0 aliphatic carbocycles. The molecule has 0 amide bonds. The Bertz CT molecular complexity index is 558. The average molecular weight is 248 g/mol. The maximum Gasteiger partial charge on any atom is 0.131 e. The molecule has 0 fully saturated rings. The summed E-state index contributed by atoms with van der Waals surface area (Å²) in [6.07, 6.45) is 3.27. The summed E-state index contributed by atoms with van der Waals surface area (Å²) < 4.78 is 11.2. The zero-order valence-corrected chi connectivity index (χ0v) is 10.4. The molecule has 1 N–H and O–H groups in total. The molecule has 0 bridgehead atoms. The molecule has 0 aliphatic rings. The number of aromatic amines is 1. The van der Waals surface area contributed by atoms with Crippen molar-refractivity contribution in [3.63, 3.8) is 0 Å². The van der Waals surface area contributed by atoms with Gasteiger partial charge in [0.25, 0.3) is 0 Å². The third kappa shape index (κ3) is 2.29. The van der Waals surface area contributed by atoms with Gasteiger partial charge in [-0.1, -0.05) is 18.3 Å². The van der Waals surface area contributed by atoms with Crippen molar-refractivity contribution in [3.05, 3.63) is 35.2 Å². The molecule has 1 aromatic carbocycles. The summed E-state index contributed by atoms with van der Waals surface area (Å²) in [6.45, 7) is 0. The topological polar surface area (TPSA) is 47.1 Å². The first-order chi connectivity index (χ1) is 8.26. The quantitative estimate of drug-likeness (QED) is 0.848. The van der Waals surface area contributed by atoms with Gasteiger partial charge in [-0.3, -0.25) is 4.98 Å². The van der Waals surface area contributed by atoms with Crippen molar-refractivity contribution in [2.45, 2.75) is 0 Å². The number of aromatic nitrogens is 2. The van der Waals surface area contributed by atoms with Crippen molar-refractivity contribution in [2.75, 3.05) is 14.2 Å². The number of benzene rings is 1. The molecule has 0 radical (unpaired) electrons. The van der Waals surface area contributed by atoms with Crippen molar-refractivity contribution < 1.29 is 9.47 Å². The van der Waals surface area contributed by atoms with Gasteiger partial charge in [0.15, 0.2) is 0 Å². The van der Waals surface area contributed by atoms with Gasteiger partial charge in [0, 0.05) is 0 Å². The molecule has 0 atom stereocenters. The Labute approximate surface area is 104 Å². The lowest BCUT2D eigenvalue weighted by atomic mass is 10.1. The summed E-state index contributed by atoms with van der Waals surface area (Å²) in [6, 6.07) is 5.59. The van der Waals surface area contributed by atoms with Crippen molar-refractivity contribution >= 4 is 12.2 Å². The average Bonchev–Trinajstić information content (AvgIpc) is 2.37. The molecular weight excluding hydrogens is 236 g/mol. The van der Waals surface area contributed by atoms with Crippen molar-refractivity contribution in [3.8, 4) is 22.8 Å². The van der Waals surface area contributed by atoms with Crippen LogP contribution in [0.2, 0.25) is 0 Å². The van der Waals surface area contributed by atoms with E-state index in [0.717, 1.165) is 11.3 Å². The molecule has 5 heteroatoms. The zero-order chi connectivity index (χ0) is 12.3. The van der Waals surface area contributed by atoms with Gasteiger partial charge in [-0.2, -0.15) is 0 Å². The predicted molar refractivity (Wildman–Crippen MR) is 68.0 cm³/mol. The van der Waals surface area contributed by atoms with Crippen LogP contribution in [0.15, 0.2) is 30.6 Å². The monoisotopic (exact) mass is 248 g/mol. The van der Waals surface area contributed by atoms with Gasteiger partial charge >= 0.3 is 0 Å². The van der Waals surface area contributed by atoms with Crippen LogP contribution < -0.4 is 9.47 Å². The SMILES string of the molecule is COc1cccc(OC)c1-c1cncc(=S)[nH]1. The maximum atomic E-state index is 5.32. The largest absolute Gasteiger partial charge is 0.496 e. The Hall–Kier alpha value is -1.88. The molecule has 17 heavy (non-hydrogen) atoms. The van der Waals surface area contributed by atoms with Crippen LogP contribution in [0.3, 0.4) is 0 Å². The fraction of sp³-hybridized carbons (Fsp3) is 0.167. The molecule has 0 aliphatic heterocycles. The number of hydrogen-bond donors (Lipinski definition) is 1. The van der Waals surface area contributed by atoms with Crippen LogP contribution in [0.1, 0.15) is 0 Å². The van der Waals surface area contributed by atoms with Crippen LogP contribution in [-0.2, 0) is 0 Å². The van der Waals surface area contributed by atoms with E-state index in [1.807, 2.05) is 18.2 Å². The predicted octanol–water partition coefficient (Wildman–Crippen LogP) is 2.82. The molecule has 0 saturated carbocycles. The van der Waals surface area contributed by atoms with E-state index in [-0.39, 0.29) is 0 Å². The second-order valence-electron chi connectivity index (χ2n) is 3.35. The molecule has 1 aromatic heterocycles. The lowest BCUT2D eigenvalue weighted by molar-refractivity contribution is 0.397. The normalized spacial score (nSPS) is 10.0. The van der Waals surface area contributed by atoms with Gasteiger partial charge < -0.3 is 14.5 Å². The smallest absolute Gasteiger partial charge is 0.131 e. The highest BCUT2D eigenvalue weighted by Crippen LogP contribution is 2.36. The minimum absolute atomic E-state index is 0.565. The molecule has 0 spiro atoms. The van der Waals surface area contributed by atoms with Crippen LogP contribution in [0, 0.1) is 4.64 Å². The molecule has 88 valence electrons. The van der Waals surface area contributed by atoms with E-state index in [0.29, 0.717) is 16.1 Å². The molecule has 2 rings (SSSR count). The Morgan fingerprint density at radius 2 is 1.76 bits per heavy atom. The Kier molecular flexibility index (Phi) is 3.39. The summed E-state index contributed by atoms with van der Waals surface area (Å²) >= 11 is 5.06. The molecule has 0 saturated heterocycles. The Balaban J connectivity index is 2.68. The van der Waals surface area contributed by atoms with E-state index < -0.39 is 0 Å². The van der Waals surface area contributed by atoms with Gasteiger partial charge in [-0.15, -0.1) is 0 Å². The van der Waals surface area contributed by atoms with E-state index in [9.17, 15) is 0 Å². The molecular formula is C12H12N2O2S. The third-order valence-corrected chi connectivity index (χ3v) is 2.56. The number of ether oxygens (including phenoxy) is 2. The highest BCUT2D eigenvalue weighted by Gasteiger charge is 2.12. The third-order valence-electron chi connectivity index (χ3n) is 2.35. The van der Waals surface area contributed by atoms with E-state index >= 15 is 0 Å². The van der Waals surface area contributed by atoms with E-state index in [2.05, 4.69) is 9.97 Å². The number of rotatable bonds is 3. The highest BCUT2D eigenvalue weighted by molar-refractivity contribution is 7.71. The number of hydrogen-bond acceptors (Lipinski definition) is 4. The maximum absolute atomic E-state index is 5.32. The summed E-state index contributed by atoms with van der Waals surface area (Å²) in [7, 11) is 3.23. The van der Waals surface area contributed by atoms with E-state index in [4.69, 9.17) is 21.7 Å². The van der Waals surface area contributed by atoms with Gasteiger partial charge in [0.2, 0.25) is 0 Å². The van der Waals surface area contributed by atoms with Crippen LogP contribution in [-0.4, -0.2) is 24.2 Å². The molecule has 1 heterocycles. The fourth-order valence-corrected chi connectivity index (χ4v) is 1.79. The Morgan fingerprint density at radius 1 is 1.12 bits per heavy atom. The van der Waals surface area contributed by atoms with Gasteiger partial charge in [0.1, 0.15) is 16.1 Å². The lowest BCUT2D eigenvalue weighted by Crippen LogP contribution is -1.95. The van der Waals surface area contributed by atoms with E-state index in [1.54, 1.807) is 26.6 Å². The van der Waals surface area contributed by atoms with Crippen LogP contribution in [0.25, 0.3) is 11.3 Å². The first-order valence-corrected chi connectivity index (χ1v) is 5.42. The minimum atomic E-state index is 0.565. The summed E-state index contributed by atoms with van der Waals surface area (Å²) in [5.41, 5.74) is 1.59. The van der Waals surface area contributed by atoms with Crippen molar-refractivity contribution in [1.82, 2.24) is 9.97 Å². The first-order valence-electron chi connectivity index (χ1n) is 5.02. The second kappa shape index (κ2) is 4.97.